The Morgan fingerprint density at radius 2 is 1.44 bits per heavy atom. The molecule has 3 nitrogen and oxygen atoms in total. The summed E-state index contributed by atoms with van der Waals surface area (Å²) in [6.07, 6.45) is 2.75. The number of aliphatic hydroxyl groups excluding tert-OH is 1. The highest BCUT2D eigenvalue weighted by atomic mass is 32.2. The second-order valence-corrected chi connectivity index (χ2v) is 10.7. The van der Waals surface area contributed by atoms with Crippen LogP contribution >= 0.6 is 11.8 Å². The van der Waals surface area contributed by atoms with Crippen LogP contribution in [0.4, 0.5) is 0 Å². The van der Waals surface area contributed by atoms with E-state index in [4.69, 9.17) is 0 Å². The van der Waals surface area contributed by atoms with Crippen LogP contribution in [0.15, 0.2) is 96.3 Å². The maximum Gasteiger partial charge on any atom is 0.168 e. The zero-order chi connectivity index (χ0) is 24.0. The fourth-order valence-electron chi connectivity index (χ4n) is 4.28. The maximum atomic E-state index is 9.95. The third-order valence-corrected chi connectivity index (χ3v) is 7.36. The molecule has 176 valence electrons. The zero-order valence-corrected chi connectivity index (χ0v) is 21.1. The van der Waals surface area contributed by atoms with E-state index in [1.165, 1.54) is 22.3 Å². The van der Waals surface area contributed by atoms with E-state index in [1.54, 1.807) is 11.8 Å². The fraction of sp³-hybridized carbons (Fsp3) is 0.300. The molecule has 0 amide bonds. The van der Waals surface area contributed by atoms with E-state index >= 15 is 0 Å². The number of aromatic nitrogens is 2. The molecular formula is C30H34N2OS. The monoisotopic (exact) mass is 470 g/mol. The van der Waals surface area contributed by atoms with Crippen LogP contribution in [-0.2, 0) is 24.3 Å². The first kappa shape index (κ1) is 24.3. The smallest absolute Gasteiger partial charge is 0.168 e. The minimum Gasteiger partial charge on any atom is -0.390 e. The Bertz CT molecular complexity index is 1120. The first-order valence-electron chi connectivity index (χ1n) is 11.9. The molecule has 4 heteroatoms. The van der Waals surface area contributed by atoms with Crippen molar-refractivity contribution in [2.24, 2.45) is 0 Å². The Morgan fingerprint density at radius 1 is 0.853 bits per heavy atom. The number of aliphatic hydroxyl groups is 1. The van der Waals surface area contributed by atoms with Crippen molar-refractivity contribution in [3.05, 3.63) is 119 Å². The Labute approximate surface area is 207 Å². The molecular weight excluding hydrogens is 436 g/mol. The number of nitrogens with zero attached hydrogens (tertiary/aromatic N) is 2. The van der Waals surface area contributed by atoms with Gasteiger partial charge >= 0.3 is 0 Å². The molecule has 0 saturated heterocycles. The summed E-state index contributed by atoms with van der Waals surface area (Å²) in [4.78, 5) is 4.65. The normalized spacial score (nSPS) is 11.8. The van der Waals surface area contributed by atoms with Gasteiger partial charge in [-0.05, 0) is 34.1 Å². The fourth-order valence-corrected chi connectivity index (χ4v) is 5.26. The minimum atomic E-state index is -0.00478. The van der Waals surface area contributed by atoms with Gasteiger partial charge in [0, 0.05) is 18.2 Å². The molecule has 0 aliphatic carbocycles. The van der Waals surface area contributed by atoms with Gasteiger partial charge in [-0.15, -0.1) is 0 Å². The van der Waals surface area contributed by atoms with Gasteiger partial charge in [-0.25, -0.2) is 4.98 Å². The Morgan fingerprint density at radius 3 is 1.97 bits per heavy atom. The average Bonchev–Trinajstić information content (AvgIpc) is 3.26. The number of thioether (sulfide) groups is 1. The average molecular weight is 471 g/mol. The molecule has 0 fully saturated rings. The standard InChI is InChI=1S/C30H34N2OS/c1-30(2,3)26-16-14-23(15-17-26)22-34-29-31-20-27(21-33)32(29)19-18-28(24-10-6-4-7-11-24)25-12-8-5-9-13-25/h4-17,20,28,33H,18-19,21-22H2,1-3H3. The van der Waals surface area contributed by atoms with Crippen LogP contribution in [0, 0.1) is 0 Å². The van der Waals surface area contributed by atoms with Crippen LogP contribution in [0.2, 0.25) is 0 Å². The molecule has 0 spiro atoms. The Hall–Kier alpha value is -2.82. The Kier molecular flexibility index (Phi) is 7.91. The van der Waals surface area contributed by atoms with E-state index in [2.05, 4.69) is 115 Å². The number of hydrogen-bond acceptors (Lipinski definition) is 3. The molecule has 0 radical (unpaired) electrons. The highest BCUT2D eigenvalue weighted by molar-refractivity contribution is 7.98. The SMILES string of the molecule is CC(C)(C)c1ccc(CSc2ncc(CO)n2CCC(c2ccccc2)c2ccccc2)cc1. The Balaban J connectivity index is 1.50. The van der Waals surface area contributed by atoms with Crippen LogP contribution in [0.1, 0.15) is 61.1 Å². The largest absolute Gasteiger partial charge is 0.390 e. The van der Waals surface area contributed by atoms with Crippen LogP contribution in [0.3, 0.4) is 0 Å². The highest BCUT2D eigenvalue weighted by Crippen LogP contribution is 2.31. The summed E-state index contributed by atoms with van der Waals surface area (Å²) in [5.74, 6) is 1.15. The van der Waals surface area contributed by atoms with Crippen molar-refractivity contribution >= 4 is 11.8 Å². The van der Waals surface area contributed by atoms with Crippen molar-refractivity contribution in [3.63, 3.8) is 0 Å². The molecule has 0 aliphatic rings. The molecule has 1 N–H and O–H groups in total. The molecule has 1 aromatic heterocycles. The van der Waals surface area contributed by atoms with Crippen molar-refractivity contribution in [2.45, 2.75) is 62.6 Å². The van der Waals surface area contributed by atoms with E-state index in [0.717, 1.165) is 29.6 Å². The van der Waals surface area contributed by atoms with Crippen molar-refractivity contribution in [2.75, 3.05) is 0 Å². The number of imidazole rings is 1. The molecule has 0 aliphatic heterocycles. The molecule has 0 saturated carbocycles. The van der Waals surface area contributed by atoms with E-state index in [9.17, 15) is 5.11 Å². The minimum absolute atomic E-state index is 0.00478. The van der Waals surface area contributed by atoms with Crippen molar-refractivity contribution in [1.29, 1.82) is 0 Å². The van der Waals surface area contributed by atoms with Gasteiger partial charge in [-0.2, -0.15) is 0 Å². The van der Waals surface area contributed by atoms with Crippen LogP contribution < -0.4 is 0 Å². The summed E-state index contributed by atoms with van der Waals surface area (Å²) in [5, 5.41) is 10.9. The van der Waals surface area contributed by atoms with E-state index < -0.39 is 0 Å². The van der Waals surface area contributed by atoms with Crippen LogP contribution in [-0.4, -0.2) is 14.7 Å². The molecule has 34 heavy (non-hydrogen) atoms. The van der Waals surface area contributed by atoms with Gasteiger partial charge in [-0.3, -0.25) is 0 Å². The van der Waals surface area contributed by atoms with Gasteiger partial charge < -0.3 is 9.67 Å². The molecule has 0 bridgehead atoms. The van der Waals surface area contributed by atoms with E-state index in [-0.39, 0.29) is 12.0 Å². The number of rotatable bonds is 9. The number of benzene rings is 3. The molecule has 3 aromatic carbocycles. The third kappa shape index (κ3) is 5.99. The quantitative estimate of drug-likeness (QED) is 0.263. The van der Waals surface area contributed by atoms with E-state index in [1.807, 2.05) is 6.20 Å². The topological polar surface area (TPSA) is 38.1 Å². The third-order valence-electron chi connectivity index (χ3n) is 6.30. The van der Waals surface area contributed by atoms with Gasteiger partial charge in [0.1, 0.15) is 0 Å². The second kappa shape index (κ2) is 11.1. The van der Waals surface area contributed by atoms with Gasteiger partial charge in [0.05, 0.1) is 18.5 Å². The summed E-state index contributed by atoms with van der Waals surface area (Å²) in [5.41, 5.74) is 6.28. The number of hydrogen-bond donors (Lipinski definition) is 1. The van der Waals surface area contributed by atoms with Crippen molar-refractivity contribution in [3.8, 4) is 0 Å². The molecule has 4 aromatic rings. The predicted molar refractivity (Wildman–Crippen MR) is 142 cm³/mol. The zero-order valence-electron chi connectivity index (χ0n) is 20.3. The molecule has 1 heterocycles. The second-order valence-electron chi connectivity index (χ2n) is 9.74. The van der Waals surface area contributed by atoms with Crippen LogP contribution in [0.25, 0.3) is 0 Å². The maximum absolute atomic E-state index is 9.95. The van der Waals surface area contributed by atoms with Gasteiger partial charge in [-0.1, -0.05) is 117 Å². The molecule has 0 atom stereocenters. The lowest BCUT2D eigenvalue weighted by Crippen LogP contribution is -2.11. The van der Waals surface area contributed by atoms with Gasteiger partial charge in [0.25, 0.3) is 0 Å². The van der Waals surface area contributed by atoms with Gasteiger partial charge in [0.2, 0.25) is 0 Å². The summed E-state index contributed by atoms with van der Waals surface area (Å²) in [6, 6.07) is 30.3. The lowest BCUT2D eigenvalue weighted by Gasteiger charge is -2.20. The van der Waals surface area contributed by atoms with Crippen LogP contribution in [0.5, 0.6) is 0 Å². The summed E-state index contributed by atoms with van der Waals surface area (Å²) in [6.45, 7) is 7.51. The summed E-state index contributed by atoms with van der Waals surface area (Å²) in [7, 11) is 0. The summed E-state index contributed by atoms with van der Waals surface area (Å²) >= 11 is 1.73. The molecule has 0 unspecified atom stereocenters. The van der Waals surface area contributed by atoms with Gasteiger partial charge in [0.15, 0.2) is 5.16 Å². The predicted octanol–water partition coefficient (Wildman–Crippen LogP) is 7.19. The van der Waals surface area contributed by atoms with Crippen molar-refractivity contribution in [1.82, 2.24) is 9.55 Å². The lowest BCUT2D eigenvalue weighted by molar-refractivity contribution is 0.268. The first-order chi connectivity index (χ1) is 16.5. The first-order valence-corrected chi connectivity index (χ1v) is 12.9. The lowest BCUT2D eigenvalue weighted by atomic mass is 9.87. The summed E-state index contributed by atoms with van der Waals surface area (Å²) < 4.78 is 2.19. The van der Waals surface area contributed by atoms with Crippen molar-refractivity contribution < 1.29 is 5.11 Å². The van der Waals surface area contributed by atoms with E-state index in [0.29, 0.717) is 5.92 Å². The highest BCUT2D eigenvalue weighted by Gasteiger charge is 2.17. The molecule has 4 rings (SSSR count).